The number of aryl methyl sites for hydroxylation is 1. The molecule has 0 radical (unpaired) electrons. The summed E-state index contributed by atoms with van der Waals surface area (Å²) in [6.07, 6.45) is 12.2. The van der Waals surface area contributed by atoms with Crippen molar-refractivity contribution < 1.29 is 14.3 Å². The molecule has 37 heavy (non-hydrogen) atoms. The summed E-state index contributed by atoms with van der Waals surface area (Å²) in [6.45, 7) is 20.0. The van der Waals surface area contributed by atoms with E-state index in [1.165, 1.54) is 40.8 Å². The zero-order valence-electron chi connectivity index (χ0n) is 24.0. The minimum absolute atomic E-state index is 0.0622. The van der Waals surface area contributed by atoms with Gasteiger partial charge in [-0.15, -0.1) is 0 Å². The monoisotopic (exact) mass is 507 g/mol. The second kappa shape index (κ2) is 14.0. The number of unbranched alkanes of at least 4 members (excludes halogenated alkanes) is 3. The van der Waals surface area contributed by atoms with Crippen molar-refractivity contribution in [1.29, 1.82) is 0 Å². The topological polar surface area (TPSA) is 38.8 Å². The van der Waals surface area contributed by atoms with Gasteiger partial charge in [0, 0.05) is 42.1 Å². The Kier molecular flexibility index (Phi) is 11.1. The van der Waals surface area contributed by atoms with Crippen molar-refractivity contribution in [3.05, 3.63) is 59.8 Å². The van der Waals surface area contributed by atoms with Crippen LogP contribution in [0, 0.1) is 5.92 Å². The Morgan fingerprint density at radius 2 is 1.81 bits per heavy atom. The van der Waals surface area contributed by atoms with Gasteiger partial charge in [0.1, 0.15) is 6.10 Å². The van der Waals surface area contributed by atoms with E-state index in [0.717, 1.165) is 50.5 Å². The first-order valence-electron chi connectivity index (χ1n) is 14.5. The van der Waals surface area contributed by atoms with E-state index in [4.69, 9.17) is 9.47 Å². The van der Waals surface area contributed by atoms with E-state index in [0.29, 0.717) is 25.0 Å². The molecule has 204 valence electrons. The summed E-state index contributed by atoms with van der Waals surface area (Å²) in [6, 6.07) is 7.53. The van der Waals surface area contributed by atoms with E-state index in [1.807, 2.05) is 13.8 Å². The van der Waals surface area contributed by atoms with Gasteiger partial charge in [-0.1, -0.05) is 52.8 Å². The van der Waals surface area contributed by atoms with Gasteiger partial charge in [-0.2, -0.15) is 0 Å². The van der Waals surface area contributed by atoms with Crippen LogP contribution in [0.5, 0.6) is 0 Å². The molecule has 1 aliphatic carbocycles. The molecule has 0 saturated heterocycles. The molecular weight excluding hydrogens is 458 g/mol. The Morgan fingerprint density at radius 3 is 2.49 bits per heavy atom. The highest BCUT2D eigenvalue weighted by atomic mass is 16.6. The molecule has 1 heterocycles. The summed E-state index contributed by atoms with van der Waals surface area (Å²) in [7, 11) is 0. The van der Waals surface area contributed by atoms with Crippen LogP contribution in [-0.4, -0.2) is 30.8 Å². The molecule has 1 aromatic rings. The number of benzene rings is 1. The molecule has 4 heteroatoms. The second-order valence-electron chi connectivity index (χ2n) is 11.4. The quantitative estimate of drug-likeness (QED) is 0.166. The largest absolute Gasteiger partial charge is 0.460 e. The Labute approximate surface area is 225 Å². The van der Waals surface area contributed by atoms with Crippen molar-refractivity contribution in [1.82, 2.24) is 0 Å². The molecule has 0 N–H and O–H groups in total. The van der Waals surface area contributed by atoms with Crippen LogP contribution in [0.4, 0.5) is 5.69 Å². The van der Waals surface area contributed by atoms with Crippen LogP contribution in [0.3, 0.4) is 0 Å². The standard InChI is InChI=1S/C33H49NO3/c1-8-19-36-26(6)27(7)37-33(35)14-12-10-9-11-13-28-15-18-32-30(21-28)25(5)31(24(4)20-23(2)3)22-34(32)29-16-17-29/h15,18,21-23,26-27,29H,4-5,8-14,16-17,19-20H2,1-3,6-7H3/t26?,27-/m1/s1. The first kappa shape index (κ1) is 29.2. The van der Waals surface area contributed by atoms with Crippen LogP contribution in [0.2, 0.25) is 0 Å². The van der Waals surface area contributed by atoms with Crippen molar-refractivity contribution in [2.24, 2.45) is 5.92 Å². The number of anilines is 1. The summed E-state index contributed by atoms with van der Waals surface area (Å²) in [5, 5.41) is 0. The van der Waals surface area contributed by atoms with Crippen LogP contribution in [-0.2, 0) is 20.7 Å². The zero-order valence-corrected chi connectivity index (χ0v) is 24.0. The Balaban J connectivity index is 1.46. The highest BCUT2D eigenvalue weighted by molar-refractivity contribution is 5.92. The number of hydrogen-bond donors (Lipinski definition) is 0. The molecule has 2 atom stereocenters. The number of ether oxygens (including phenoxy) is 2. The maximum absolute atomic E-state index is 12.2. The molecule has 4 nitrogen and oxygen atoms in total. The first-order chi connectivity index (χ1) is 17.7. The van der Waals surface area contributed by atoms with Crippen molar-refractivity contribution >= 4 is 17.2 Å². The van der Waals surface area contributed by atoms with Crippen molar-refractivity contribution in [3.63, 3.8) is 0 Å². The number of rotatable bonds is 16. The van der Waals surface area contributed by atoms with Gasteiger partial charge in [-0.25, -0.2) is 0 Å². The molecule has 1 aromatic carbocycles. The summed E-state index contributed by atoms with van der Waals surface area (Å²) in [5.41, 5.74) is 7.44. The van der Waals surface area contributed by atoms with Crippen LogP contribution in [0.15, 0.2) is 48.7 Å². The van der Waals surface area contributed by atoms with E-state index in [9.17, 15) is 4.79 Å². The molecular formula is C33H49NO3. The summed E-state index contributed by atoms with van der Waals surface area (Å²) in [4.78, 5) is 14.6. The van der Waals surface area contributed by atoms with Crippen LogP contribution >= 0.6 is 0 Å². The van der Waals surface area contributed by atoms with E-state index in [2.05, 4.69) is 63.2 Å². The summed E-state index contributed by atoms with van der Waals surface area (Å²) >= 11 is 0. The Morgan fingerprint density at radius 1 is 1.08 bits per heavy atom. The van der Waals surface area contributed by atoms with E-state index < -0.39 is 0 Å². The maximum atomic E-state index is 12.2. The number of carbonyl (C=O) groups excluding carboxylic acids is 1. The third kappa shape index (κ3) is 8.60. The average molecular weight is 508 g/mol. The number of fused-ring (bicyclic) bond motifs is 1. The SMILES string of the molecule is C=C(CC(C)C)C1=CN(C2CC2)c2ccc(CCCCCCC(=O)O[C@H](C)C(C)OCCC)cc2C1=C. The zero-order chi connectivity index (χ0) is 26.9. The van der Waals surface area contributed by atoms with Gasteiger partial charge in [0.2, 0.25) is 0 Å². The normalized spacial score (nSPS) is 16.9. The van der Waals surface area contributed by atoms with Crippen molar-refractivity contribution in [2.75, 3.05) is 11.5 Å². The predicted octanol–water partition coefficient (Wildman–Crippen LogP) is 8.41. The lowest BCUT2D eigenvalue weighted by molar-refractivity contribution is -0.155. The highest BCUT2D eigenvalue weighted by Crippen LogP contribution is 2.44. The van der Waals surface area contributed by atoms with Crippen molar-refractivity contribution in [3.8, 4) is 0 Å². The minimum Gasteiger partial charge on any atom is -0.460 e. The van der Waals surface area contributed by atoms with Gasteiger partial charge in [0.05, 0.1) is 6.10 Å². The van der Waals surface area contributed by atoms with Crippen LogP contribution in [0.1, 0.15) is 104 Å². The number of hydrogen-bond acceptors (Lipinski definition) is 4. The predicted molar refractivity (Wildman–Crippen MR) is 156 cm³/mol. The number of esters is 1. The van der Waals surface area contributed by atoms with Gasteiger partial charge in [-0.05, 0) is 93.6 Å². The Bertz CT molecular complexity index is 972. The third-order valence-corrected chi connectivity index (χ3v) is 7.39. The van der Waals surface area contributed by atoms with E-state index in [-0.39, 0.29) is 18.2 Å². The lowest BCUT2D eigenvalue weighted by Gasteiger charge is -2.32. The first-order valence-corrected chi connectivity index (χ1v) is 14.5. The molecule has 0 bridgehead atoms. The van der Waals surface area contributed by atoms with Gasteiger partial charge in [0.25, 0.3) is 0 Å². The second-order valence-corrected chi connectivity index (χ2v) is 11.4. The lowest BCUT2D eigenvalue weighted by Crippen LogP contribution is -2.28. The van der Waals surface area contributed by atoms with Gasteiger partial charge >= 0.3 is 5.97 Å². The number of carbonyl (C=O) groups is 1. The molecule has 2 aliphatic rings. The molecule has 0 aromatic heterocycles. The molecule has 1 saturated carbocycles. The summed E-state index contributed by atoms with van der Waals surface area (Å²) in [5.74, 6) is 0.465. The fraction of sp³-hybridized carbons (Fsp3) is 0.606. The lowest BCUT2D eigenvalue weighted by atomic mass is 9.86. The van der Waals surface area contributed by atoms with E-state index in [1.54, 1.807) is 0 Å². The molecule has 3 rings (SSSR count). The third-order valence-electron chi connectivity index (χ3n) is 7.39. The summed E-state index contributed by atoms with van der Waals surface area (Å²) < 4.78 is 11.2. The molecule has 1 fully saturated rings. The van der Waals surface area contributed by atoms with E-state index >= 15 is 0 Å². The minimum atomic E-state index is -0.202. The maximum Gasteiger partial charge on any atom is 0.306 e. The number of nitrogens with zero attached hydrogens (tertiary/aromatic N) is 1. The van der Waals surface area contributed by atoms with Gasteiger partial charge < -0.3 is 14.4 Å². The van der Waals surface area contributed by atoms with Crippen LogP contribution in [0.25, 0.3) is 5.57 Å². The highest BCUT2D eigenvalue weighted by Gasteiger charge is 2.33. The average Bonchev–Trinajstić information content (AvgIpc) is 3.70. The fourth-order valence-electron chi connectivity index (χ4n) is 4.95. The number of allylic oxidation sites excluding steroid dienone is 3. The van der Waals surface area contributed by atoms with Crippen molar-refractivity contribution in [2.45, 2.75) is 117 Å². The van der Waals surface area contributed by atoms with Gasteiger partial charge in [-0.3, -0.25) is 4.79 Å². The molecule has 0 amide bonds. The van der Waals surface area contributed by atoms with Gasteiger partial charge in [0.15, 0.2) is 0 Å². The molecule has 0 spiro atoms. The smallest absolute Gasteiger partial charge is 0.306 e. The molecule has 1 unspecified atom stereocenters. The van der Waals surface area contributed by atoms with Crippen LogP contribution < -0.4 is 4.90 Å². The molecule has 1 aliphatic heterocycles. The fourth-order valence-corrected chi connectivity index (χ4v) is 4.95. The Hall–Kier alpha value is -2.33.